The molecule has 1 aromatic rings. The summed E-state index contributed by atoms with van der Waals surface area (Å²) in [4.78, 5) is 32.4. The maximum atomic E-state index is 13.4. The van der Waals surface area contributed by atoms with E-state index >= 15 is 0 Å². The first-order chi connectivity index (χ1) is 16.4. The lowest BCUT2D eigenvalue weighted by molar-refractivity contribution is -0.116. The molecule has 1 aromatic carbocycles. The van der Waals surface area contributed by atoms with Crippen LogP contribution in [0.25, 0.3) is 0 Å². The van der Waals surface area contributed by atoms with E-state index in [4.69, 9.17) is 0 Å². The fourth-order valence-electron chi connectivity index (χ4n) is 5.47. The molecule has 6 heteroatoms. The van der Waals surface area contributed by atoms with E-state index in [0.717, 1.165) is 88.2 Å². The Morgan fingerprint density at radius 1 is 1.00 bits per heavy atom. The molecule has 0 atom stereocenters. The molecule has 1 N–H and O–H groups in total. The molecule has 1 saturated heterocycles. The van der Waals surface area contributed by atoms with Gasteiger partial charge >= 0.3 is 0 Å². The average molecular weight is 472 g/mol. The lowest BCUT2D eigenvalue weighted by Crippen LogP contribution is -2.39. The fraction of sp³-hybridized carbons (Fsp3) is 0.714. The highest BCUT2D eigenvalue weighted by Crippen LogP contribution is 2.28. The number of carbonyl (C=O) groups is 2. The van der Waals surface area contributed by atoms with E-state index in [2.05, 4.69) is 18.7 Å². The van der Waals surface area contributed by atoms with Crippen LogP contribution in [0.1, 0.15) is 88.1 Å². The minimum Gasteiger partial charge on any atom is -0.396 e. The largest absolute Gasteiger partial charge is 0.396 e. The van der Waals surface area contributed by atoms with Crippen molar-refractivity contribution in [1.82, 2.24) is 9.80 Å². The Balaban J connectivity index is 1.88. The lowest BCUT2D eigenvalue weighted by atomic mass is 9.93. The van der Waals surface area contributed by atoms with Gasteiger partial charge in [-0.1, -0.05) is 33.1 Å². The highest BCUT2D eigenvalue weighted by atomic mass is 16.3. The third-order valence-electron chi connectivity index (χ3n) is 7.31. The smallest absolute Gasteiger partial charge is 0.253 e. The summed E-state index contributed by atoms with van der Waals surface area (Å²) in [5.74, 6) is 1.23. The van der Waals surface area contributed by atoms with Crippen molar-refractivity contribution in [2.75, 3.05) is 44.2 Å². The van der Waals surface area contributed by atoms with Crippen molar-refractivity contribution >= 4 is 17.5 Å². The number of hydrogen-bond donors (Lipinski definition) is 1. The van der Waals surface area contributed by atoms with Gasteiger partial charge in [-0.05, 0) is 74.2 Å². The topological polar surface area (TPSA) is 64.1 Å². The maximum Gasteiger partial charge on any atom is 0.253 e. The van der Waals surface area contributed by atoms with Crippen LogP contribution in [0.2, 0.25) is 0 Å². The van der Waals surface area contributed by atoms with Crippen molar-refractivity contribution in [2.24, 2.45) is 11.8 Å². The second-order valence-corrected chi connectivity index (χ2v) is 10.7. The molecule has 0 radical (unpaired) electrons. The Kier molecular flexibility index (Phi) is 10.4. The molecule has 0 bridgehead atoms. The number of amides is 2. The molecule has 1 fully saturated rings. The van der Waals surface area contributed by atoms with E-state index in [1.165, 1.54) is 19.3 Å². The molecular formula is C28H45N3O3. The highest BCUT2D eigenvalue weighted by Gasteiger charge is 2.25. The molecule has 2 aliphatic rings. The Labute approximate surface area is 206 Å². The number of fused-ring (bicyclic) bond motifs is 1. The minimum absolute atomic E-state index is 0.0683. The summed E-state index contributed by atoms with van der Waals surface area (Å²) in [6.45, 7) is 11.4. The van der Waals surface area contributed by atoms with Crippen LogP contribution >= 0.6 is 0 Å². The predicted molar refractivity (Wildman–Crippen MR) is 138 cm³/mol. The summed E-state index contributed by atoms with van der Waals surface area (Å²) in [6.07, 6.45) is 8.54. The zero-order valence-electron chi connectivity index (χ0n) is 21.6. The molecule has 2 heterocycles. The second kappa shape index (κ2) is 13.2. The fourth-order valence-corrected chi connectivity index (χ4v) is 5.47. The number of anilines is 1. The zero-order chi connectivity index (χ0) is 24.5. The van der Waals surface area contributed by atoms with Gasteiger partial charge in [0.05, 0.1) is 0 Å². The van der Waals surface area contributed by atoms with Crippen LogP contribution in [-0.2, 0) is 11.3 Å². The molecule has 0 unspecified atom stereocenters. The minimum atomic E-state index is 0.0683. The van der Waals surface area contributed by atoms with Crippen molar-refractivity contribution < 1.29 is 14.7 Å². The van der Waals surface area contributed by atoms with Crippen molar-refractivity contribution in [1.29, 1.82) is 0 Å². The molecule has 2 amide bonds. The van der Waals surface area contributed by atoms with Crippen molar-refractivity contribution in [2.45, 2.75) is 78.7 Å². The van der Waals surface area contributed by atoms with E-state index in [-0.39, 0.29) is 18.4 Å². The molecule has 2 aliphatic heterocycles. The first kappa shape index (κ1) is 26.7. The summed E-state index contributed by atoms with van der Waals surface area (Å²) in [5, 5.41) is 9.22. The summed E-state index contributed by atoms with van der Waals surface area (Å²) in [7, 11) is 0. The number of carbonyl (C=O) groups excluding carboxylic acids is 2. The van der Waals surface area contributed by atoms with Gasteiger partial charge in [0, 0.05) is 57.5 Å². The van der Waals surface area contributed by atoms with Gasteiger partial charge in [-0.3, -0.25) is 14.5 Å². The van der Waals surface area contributed by atoms with Crippen LogP contribution in [0.5, 0.6) is 0 Å². The number of hydrogen-bond acceptors (Lipinski definition) is 4. The zero-order valence-corrected chi connectivity index (χ0v) is 21.6. The molecular weight excluding hydrogens is 426 g/mol. The summed E-state index contributed by atoms with van der Waals surface area (Å²) >= 11 is 0. The number of benzene rings is 1. The normalized spacial score (nSPS) is 19.4. The standard InChI is InChI=1S/C28H45N3O3/c1-22(2)20-29-14-7-5-4-6-8-15-31(23(3)33)27-10-9-25(19-26(27)21-29)28(34)30-16-11-24(12-17-30)13-18-32/h9-10,19,22,24,32H,4-8,11-18,20-21H2,1-3H3. The van der Waals surface area contributed by atoms with E-state index in [1.54, 1.807) is 6.92 Å². The van der Waals surface area contributed by atoms with E-state index in [1.807, 2.05) is 28.0 Å². The van der Waals surface area contributed by atoms with Crippen LogP contribution in [0.15, 0.2) is 18.2 Å². The summed E-state index contributed by atoms with van der Waals surface area (Å²) < 4.78 is 0. The average Bonchev–Trinajstić information content (AvgIpc) is 2.80. The third kappa shape index (κ3) is 7.54. The highest BCUT2D eigenvalue weighted by molar-refractivity contribution is 5.97. The van der Waals surface area contributed by atoms with E-state index in [0.29, 0.717) is 11.8 Å². The van der Waals surface area contributed by atoms with Gasteiger partial charge in [-0.15, -0.1) is 0 Å². The van der Waals surface area contributed by atoms with Gasteiger partial charge in [0.15, 0.2) is 0 Å². The monoisotopic (exact) mass is 471 g/mol. The van der Waals surface area contributed by atoms with Crippen LogP contribution in [0.3, 0.4) is 0 Å². The van der Waals surface area contributed by atoms with Crippen molar-refractivity contribution in [3.63, 3.8) is 0 Å². The molecule has 0 aromatic heterocycles. The van der Waals surface area contributed by atoms with E-state index in [9.17, 15) is 14.7 Å². The molecule has 34 heavy (non-hydrogen) atoms. The van der Waals surface area contributed by atoms with Gasteiger partial charge in [0.1, 0.15) is 0 Å². The first-order valence-electron chi connectivity index (χ1n) is 13.4. The van der Waals surface area contributed by atoms with Gasteiger partial charge in [0.25, 0.3) is 5.91 Å². The Morgan fingerprint density at radius 2 is 1.68 bits per heavy atom. The van der Waals surface area contributed by atoms with Crippen molar-refractivity contribution in [3.8, 4) is 0 Å². The quantitative estimate of drug-likeness (QED) is 0.676. The van der Waals surface area contributed by atoms with Gasteiger partial charge in [-0.2, -0.15) is 0 Å². The molecule has 3 rings (SSSR count). The number of piperidine rings is 1. The molecule has 190 valence electrons. The predicted octanol–water partition coefficient (Wildman–Crippen LogP) is 4.70. The van der Waals surface area contributed by atoms with Gasteiger partial charge in [-0.25, -0.2) is 0 Å². The van der Waals surface area contributed by atoms with Crippen LogP contribution in [0.4, 0.5) is 5.69 Å². The van der Waals surface area contributed by atoms with Crippen molar-refractivity contribution in [3.05, 3.63) is 29.3 Å². The third-order valence-corrected chi connectivity index (χ3v) is 7.31. The van der Waals surface area contributed by atoms with Crippen LogP contribution in [0, 0.1) is 11.8 Å². The number of nitrogens with zero attached hydrogens (tertiary/aromatic N) is 3. The Bertz CT molecular complexity index is 802. The number of aliphatic hydroxyl groups is 1. The maximum absolute atomic E-state index is 13.4. The number of rotatable bonds is 5. The second-order valence-electron chi connectivity index (χ2n) is 10.7. The van der Waals surface area contributed by atoms with Gasteiger partial charge < -0.3 is 14.9 Å². The Morgan fingerprint density at radius 3 is 2.32 bits per heavy atom. The molecule has 6 nitrogen and oxygen atoms in total. The summed E-state index contributed by atoms with van der Waals surface area (Å²) in [5.41, 5.74) is 2.76. The van der Waals surface area contributed by atoms with Crippen LogP contribution < -0.4 is 4.90 Å². The Hall–Kier alpha value is -1.92. The number of aliphatic hydroxyl groups excluding tert-OH is 1. The first-order valence-corrected chi connectivity index (χ1v) is 13.4. The summed E-state index contributed by atoms with van der Waals surface area (Å²) in [6, 6.07) is 5.96. The number of likely N-dealkylation sites (tertiary alicyclic amines) is 1. The van der Waals surface area contributed by atoms with Gasteiger partial charge in [0.2, 0.25) is 5.91 Å². The van der Waals surface area contributed by atoms with E-state index < -0.39 is 0 Å². The molecule has 0 saturated carbocycles. The molecule has 0 spiro atoms. The molecule has 0 aliphatic carbocycles. The lowest BCUT2D eigenvalue weighted by Gasteiger charge is -2.33. The SMILES string of the molecule is CC(=O)N1CCCCCCCN(CC(C)C)Cc2cc(C(=O)N3CCC(CCO)CC3)ccc21. The van der Waals surface area contributed by atoms with Crippen LogP contribution in [-0.4, -0.2) is 66.1 Å².